The lowest BCUT2D eigenvalue weighted by atomic mass is 10.1. The summed E-state index contributed by atoms with van der Waals surface area (Å²) >= 11 is 2.10. The lowest BCUT2D eigenvalue weighted by molar-refractivity contribution is 0.505. The third-order valence-corrected chi connectivity index (χ3v) is 5.12. The molecule has 1 unspecified atom stereocenters. The van der Waals surface area contributed by atoms with Gasteiger partial charge in [-0.2, -0.15) is 11.8 Å². The van der Waals surface area contributed by atoms with Crippen LogP contribution in [-0.4, -0.2) is 29.2 Å². The van der Waals surface area contributed by atoms with Gasteiger partial charge in [0.05, 0.1) is 0 Å². The molecule has 1 aromatic carbocycles. The normalized spacial score (nSPS) is 19.3. The summed E-state index contributed by atoms with van der Waals surface area (Å²) in [6.07, 6.45) is 4.82. The van der Waals surface area contributed by atoms with E-state index in [1.807, 2.05) is 0 Å². The summed E-state index contributed by atoms with van der Waals surface area (Å²) in [6.45, 7) is 3.45. The number of rotatable bonds is 6. The van der Waals surface area contributed by atoms with Gasteiger partial charge >= 0.3 is 0 Å². The summed E-state index contributed by atoms with van der Waals surface area (Å²) in [5, 5.41) is 4.96. The zero-order valence-electron chi connectivity index (χ0n) is 11.3. The van der Waals surface area contributed by atoms with Crippen molar-refractivity contribution < 1.29 is 0 Å². The van der Waals surface area contributed by atoms with Crippen molar-refractivity contribution in [2.75, 3.05) is 24.6 Å². The van der Waals surface area contributed by atoms with Crippen LogP contribution in [0.1, 0.15) is 12.8 Å². The quantitative estimate of drug-likeness (QED) is 0.813. The molecule has 1 aliphatic heterocycles. The molecule has 1 N–H and O–H groups in total. The van der Waals surface area contributed by atoms with Crippen LogP contribution in [0.5, 0.6) is 0 Å². The lowest BCUT2D eigenvalue weighted by Crippen LogP contribution is -2.24. The van der Waals surface area contributed by atoms with E-state index in [2.05, 4.69) is 58.2 Å². The third-order valence-electron chi connectivity index (χ3n) is 3.89. The van der Waals surface area contributed by atoms with Crippen molar-refractivity contribution in [2.24, 2.45) is 5.92 Å². The first-order chi connectivity index (χ1) is 9.43. The fourth-order valence-electron chi connectivity index (χ4n) is 2.76. The van der Waals surface area contributed by atoms with E-state index in [-0.39, 0.29) is 0 Å². The van der Waals surface area contributed by atoms with Crippen molar-refractivity contribution >= 4 is 22.7 Å². The Bertz CT molecular complexity index is 514. The van der Waals surface area contributed by atoms with Crippen molar-refractivity contribution in [3.05, 3.63) is 36.5 Å². The van der Waals surface area contributed by atoms with Crippen LogP contribution < -0.4 is 5.32 Å². The van der Waals surface area contributed by atoms with E-state index in [9.17, 15) is 0 Å². The second-order valence-corrected chi connectivity index (χ2v) is 6.51. The summed E-state index contributed by atoms with van der Waals surface area (Å²) in [4.78, 5) is 0. The molecule has 2 nitrogen and oxygen atoms in total. The number of hydrogen-bond acceptors (Lipinski definition) is 2. The summed E-state index contributed by atoms with van der Waals surface area (Å²) in [5.74, 6) is 3.63. The lowest BCUT2D eigenvalue weighted by Gasteiger charge is -2.10. The molecule has 102 valence electrons. The first kappa shape index (κ1) is 13.1. The Morgan fingerprint density at radius 1 is 1.26 bits per heavy atom. The van der Waals surface area contributed by atoms with Gasteiger partial charge in [0.15, 0.2) is 0 Å². The van der Waals surface area contributed by atoms with Crippen molar-refractivity contribution in [3.63, 3.8) is 0 Å². The number of benzene rings is 1. The van der Waals surface area contributed by atoms with Crippen LogP contribution in [0.15, 0.2) is 36.5 Å². The van der Waals surface area contributed by atoms with Crippen LogP contribution >= 0.6 is 11.8 Å². The molecule has 3 heteroatoms. The largest absolute Gasteiger partial charge is 0.347 e. The molecule has 2 aromatic rings. The Kier molecular flexibility index (Phi) is 4.46. The van der Waals surface area contributed by atoms with Gasteiger partial charge in [0.2, 0.25) is 0 Å². The Labute approximate surface area is 119 Å². The predicted molar refractivity (Wildman–Crippen MR) is 84.9 cm³/mol. The van der Waals surface area contributed by atoms with Crippen LogP contribution in [0.4, 0.5) is 0 Å². The van der Waals surface area contributed by atoms with E-state index in [1.54, 1.807) is 0 Å². The molecule has 0 aliphatic carbocycles. The fraction of sp³-hybridized carbons (Fsp3) is 0.500. The standard InChI is InChI=1S/C16H22N2S/c1-2-5-16-15(4-1)6-10-18(16)9-3-8-17-12-14-7-11-19-13-14/h1-2,4-6,10,14,17H,3,7-9,11-13H2. The molecule has 1 aliphatic rings. The van der Waals surface area contributed by atoms with Gasteiger partial charge in [-0.25, -0.2) is 0 Å². The molecular formula is C16H22N2S. The van der Waals surface area contributed by atoms with Crippen molar-refractivity contribution in [2.45, 2.75) is 19.4 Å². The number of aryl methyl sites for hydroxylation is 1. The van der Waals surface area contributed by atoms with Crippen LogP contribution in [0, 0.1) is 5.92 Å². The number of para-hydroxylation sites is 1. The molecule has 2 heterocycles. The zero-order chi connectivity index (χ0) is 12.9. The highest BCUT2D eigenvalue weighted by Crippen LogP contribution is 2.22. The van der Waals surface area contributed by atoms with Crippen LogP contribution in [-0.2, 0) is 6.54 Å². The molecule has 1 fully saturated rings. The number of fused-ring (bicyclic) bond motifs is 1. The third kappa shape index (κ3) is 3.34. The highest BCUT2D eigenvalue weighted by atomic mass is 32.2. The van der Waals surface area contributed by atoms with Gasteiger partial charge in [-0.05, 0) is 60.9 Å². The van der Waals surface area contributed by atoms with Gasteiger partial charge in [-0.15, -0.1) is 0 Å². The van der Waals surface area contributed by atoms with Crippen LogP contribution in [0.3, 0.4) is 0 Å². The molecule has 1 atom stereocenters. The van der Waals surface area contributed by atoms with Gasteiger partial charge in [-0.1, -0.05) is 18.2 Å². The molecule has 19 heavy (non-hydrogen) atoms. The molecule has 0 radical (unpaired) electrons. The molecule has 0 bridgehead atoms. The smallest absolute Gasteiger partial charge is 0.0480 e. The van der Waals surface area contributed by atoms with Gasteiger partial charge in [-0.3, -0.25) is 0 Å². The monoisotopic (exact) mass is 274 g/mol. The second kappa shape index (κ2) is 6.49. The van der Waals surface area contributed by atoms with E-state index in [1.165, 1.54) is 41.8 Å². The number of nitrogens with zero attached hydrogens (tertiary/aromatic N) is 1. The number of aromatic nitrogens is 1. The predicted octanol–water partition coefficient (Wildman–Crippen LogP) is 3.37. The molecule has 0 spiro atoms. The fourth-order valence-corrected chi connectivity index (χ4v) is 4.05. The highest BCUT2D eigenvalue weighted by Gasteiger charge is 2.14. The number of thioether (sulfide) groups is 1. The molecule has 0 saturated carbocycles. The number of hydrogen-bond donors (Lipinski definition) is 1. The average molecular weight is 274 g/mol. The van der Waals surface area contributed by atoms with Crippen LogP contribution in [0.25, 0.3) is 10.9 Å². The Morgan fingerprint density at radius 2 is 2.21 bits per heavy atom. The molecule has 0 amide bonds. The topological polar surface area (TPSA) is 17.0 Å². The summed E-state index contributed by atoms with van der Waals surface area (Å²) in [5.41, 5.74) is 1.36. The highest BCUT2D eigenvalue weighted by molar-refractivity contribution is 7.99. The summed E-state index contributed by atoms with van der Waals surface area (Å²) < 4.78 is 2.36. The average Bonchev–Trinajstić information content (AvgIpc) is 3.08. The molecule has 1 saturated heterocycles. The van der Waals surface area contributed by atoms with Crippen molar-refractivity contribution in [3.8, 4) is 0 Å². The minimum absolute atomic E-state index is 0.914. The van der Waals surface area contributed by atoms with Gasteiger partial charge in [0.25, 0.3) is 0 Å². The maximum Gasteiger partial charge on any atom is 0.0480 e. The van der Waals surface area contributed by atoms with Gasteiger partial charge in [0.1, 0.15) is 0 Å². The Hall–Kier alpha value is -0.930. The van der Waals surface area contributed by atoms with E-state index in [0.29, 0.717) is 0 Å². The maximum absolute atomic E-state index is 3.61. The van der Waals surface area contributed by atoms with Gasteiger partial charge < -0.3 is 9.88 Å². The van der Waals surface area contributed by atoms with Crippen molar-refractivity contribution in [1.82, 2.24) is 9.88 Å². The second-order valence-electron chi connectivity index (χ2n) is 5.36. The Morgan fingerprint density at radius 3 is 3.11 bits per heavy atom. The SMILES string of the molecule is c1ccc2c(c1)ccn2CCCNCC1CCSC1. The molecule has 1 aromatic heterocycles. The van der Waals surface area contributed by atoms with E-state index in [0.717, 1.165) is 19.0 Å². The van der Waals surface area contributed by atoms with Crippen LogP contribution in [0.2, 0.25) is 0 Å². The summed E-state index contributed by atoms with van der Waals surface area (Å²) in [6, 6.07) is 10.8. The van der Waals surface area contributed by atoms with Gasteiger partial charge in [0, 0.05) is 18.3 Å². The minimum Gasteiger partial charge on any atom is -0.347 e. The number of nitrogens with one attached hydrogen (secondary N) is 1. The molecule has 3 rings (SSSR count). The Balaban J connectivity index is 1.42. The first-order valence-electron chi connectivity index (χ1n) is 7.26. The van der Waals surface area contributed by atoms with E-state index in [4.69, 9.17) is 0 Å². The molecular weight excluding hydrogens is 252 g/mol. The minimum atomic E-state index is 0.914. The van der Waals surface area contributed by atoms with E-state index < -0.39 is 0 Å². The van der Waals surface area contributed by atoms with Crippen molar-refractivity contribution in [1.29, 1.82) is 0 Å². The van der Waals surface area contributed by atoms with E-state index >= 15 is 0 Å². The maximum atomic E-state index is 3.61. The zero-order valence-corrected chi connectivity index (χ0v) is 12.2. The first-order valence-corrected chi connectivity index (χ1v) is 8.41. The summed E-state index contributed by atoms with van der Waals surface area (Å²) in [7, 11) is 0.